The van der Waals surface area contributed by atoms with E-state index in [4.69, 9.17) is 20.2 Å². The van der Waals surface area contributed by atoms with Gasteiger partial charge in [-0.05, 0) is 29.5 Å². The monoisotopic (exact) mass is 408 g/mol. The fourth-order valence-electron chi connectivity index (χ4n) is 3.05. The molecule has 0 unspecified atom stereocenters. The van der Waals surface area contributed by atoms with Crippen molar-refractivity contribution in [2.45, 2.75) is 23.0 Å². The first-order chi connectivity index (χ1) is 14.2. The molecule has 0 atom stereocenters. The van der Waals surface area contributed by atoms with Gasteiger partial charge in [-0.2, -0.15) is 0 Å². The van der Waals surface area contributed by atoms with Crippen LogP contribution in [0, 0.1) is 0 Å². The van der Waals surface area contributed by atoms with Gasteiger partial charge in [0.05, 0.1) is 25.7 Å². The Morgan fingerprint density at radius 1 is 1.10 bits per heavy atom. The molecule has 0 saturated carbocycles. The second kappa shape index (κ2) is 8.40. The van der Waals surface area contributed by atoms with Crippen molar-refractivity contribution in [1.29, 1.82) is 0 Å². The molecule has 3 N–H and O–H groups in total. The summed E-state index contributed by atoms with van der Waals surface area (Å²) < 4.78 is 12.8. The first-order valence-corrected chi connectivity index (χ1v) is 9.97. The van der Waals surface area contributed by atoms with E-state index in [1.807, 2.05) is 41.0 Å². The largest absolute Gasteiger partial charge is 0.497 e. The molecule has 4 rings (SSSR count). The van der Waals surface area contributed by atoms with E-state index < -0.39 is 0 Å². The number of rotatable bonds is 7. The third-order valence-corrected chi connectivity index (χ3v) is 5.53. The van der Waals surface area contributed by atoms with Crippen LogP contribution >= 0.6 is 11.8 Å². The van der Waals surface area contributed by atoms with Crippen LogP contribution in [0.15, 0.2) is 64.9 Å². The maximum atomic E-state index is 6.09. The van der Waals surface area contributed by atoms with Crippen LogP contribution in [0.1, 0.15) is 5.56 Å². The highest BCUT2D eigenvalue weighted by Gasteiger charge is 2.20. The lowest BCUT2D eigenvalue weighted by Gasteiger charge is -2.07. The molecule has 8 heteroatoms. The molecule has 0 radical (unpaired) electrons. The lowest BCUT2D eigenvalue weighted by molar-refractivity contribution is -0.675. The number of ether oxygens (including phenoxy) is 2. The Balaban J connectivity index is 1.63. The Morgan fingerprint density at radius 3 is 2.69 bits per heavy atom. The van der Waals surface area contributed by atoms with Crippen LogP contribution in [0.2, 0.25) is 0 Å². The van der Waals surface area contributed by atoms with Crippen LogP contribution < -0.4 is 19.8 Å². The van der Waals surface area contributed by atoms with E-state index in [0.717, 1.165) is 45.7 Å². The van der Waals surface area contributed by atoms with Crippen molar-refractivity contribution < 1.29 is 14.0 Å². The maximum absolute atomic E-state index is 6.09. The molecule has 0 amide bonds. The molecule has 0 aliphatic carbocycles. The highest BCUT2D eigenvalue weighted by atomic mass is 32.2. The fourth-order valence-corrected chi connectivity index (χ4v) is 3.92. The zero-order valence-electron chi connectivity index (χ0n) is 16.3. The van der Waals surface area contributed by atoms with Gasteiger partial charge in [0.25, 0.3) is 5.65 Å². The number of hydrogen-bond acceptors (Lipinski definition) is 6. The number of anilines is 1. The maximum Gasteiger partial charge on any atom is 0.294 e. The molecule has 7 nitrogen and oxygen atoms in total. The molecular formula is C21H22N5O2S+. The zero-order chi connectivity index (χ0) is 20.2. The lowest BCUT2D eigenvalue weighted by atomic mass is 10.1. The third-order valence-electron chi connectivity index (χ3n) is 4.59. The Bertz CT molecular complexity index is 1130. The minimum absolute atomic E-state index is 0.428. The number of hydrogen-bond donors (Lipinski definition) is 2. The van der Waals surface area contributed by atoms with Gasteiger partial charge in [-0.3, -0.25) is 0 Å². The summed E-state index contributed by atoms with van der Waals surface area (Å²) in [6.45, 7) is 0.759. The summed E-state index contributed by atoms with van der Waals surface area (Å²) >= 11 is 1.47. The van der Waals surface area contributed by atoms with Crippen LogP contribution in [0.3, 0.4) is 0 Å². The second-order valence-electron chi connectivity index (χ2n) is 6.42. The van der Waals surface area contributed by atoms with E-state index in [-0.39, 0.29) is 0 Å². The fraction of sp³-hybridized carbons (Fsp3) is 0.190. The number of nitrogens with two attached hydrogens (primary N) is 1. The molecule has 29 heavy (non-hydrogen) atoms. The third kappa shape index (κ3) is 4.12. The topological polar surface area (TPSA) is 89.9 Å². The van der Waals surface area contributed by atoms with Gasteiger partial charge in [-0.1, -0.05) is 40.3 Å². The van der Waals surface area contributed by atoms with Crippen molar-refractivity contribution in [3.63, 3.8) is 0 Å². The molecule has 148 valence electrons. The summed E-state index contributed by atoms with van der Waals surface area (Å²) in [6, 6.07) is 16.0. The van der Waals surface area contributed by atoms with E-state index in [9.17, 15) is 0 Å². The van der Waals surface area contributed by atoms with Crippen molar-refractivity contribution in [1.82, 2.24) is 15.0 Å². The smallest absolute Gasteiger partial charge is 0.294 e. The number of imidazole rings is 1. The predicted octanol–water partition coefficient (Wildman–Crippen LogP) is 3.24. The molecule has 0 saturated heterocycles. The van der Waals surface area contributed by atoms with Crippen molar-refractivity contribution in [3.8, 4) is 11.5 Å². The van der Waals surface area contributed by atoms with Crippen molar-refractivity contribution >= 4 is 28.7 Å². The molecule has 0 spiro atoms. The summed E-state index contributed by atoms with van der Waals surface area (Å²) in [7, 11) is 3.27. The van der Waals surface area contributed by atoms with E-state index >= 15 is 0 Å². The number of nitrogens with one attached hydrogen (secondary N) is 1. The number of aryl methyl sites for hydroxylation is 2. The summed E-state index contributed by atoms with van der Waals surface area (Å²) in [6.07, 6.45) is 2.62. The molecule has 0 aliphatic heterocycles. The van der Waals surface area contributed by atoms with E-state index in [2.05, 4.69) is 22.1 Å². The number of H-pyrrole nitrogens is 1. The van der Waals surface area contributed by atoms with Crippen LogP contribution in [-0.4, -0.2) is 29.2 Å². The molecular weight excluding hydrogens is 386 g/mol. The van der Waals surface area contributed by atoms with Crippen LogP contribution in [0.25, 0.3) is 11.2 Å². The number of benzene rings is 2. The predicted molar refractivity (Wildman–Crippen MR) is 112 cm³/mol. The van der Waals surface area contributed by atoms with Crippen LogP contribution in [-0.2, 0) is 13.0 Å². The first-order valence-electron chi connectivity index (χ1n) is 9.15. The first kappa shape index (κ1) is 19.1. The number of nitrogens with zero attached hydrogens (tertiary/aromatic N) is 3. The number of nitrogen functional groups attached to an aromatic ring is 1. The van der Waals surface area contributed by atoms with E-state index in [1.165, 1.54) is 17.3 Å². The molecule has 2 aromatic carbocycles. The standard InChI is InChI=1S/C21H21N5O2S/c1-27-15-8-9-17(16(12-15)28-2)29-21-24-18-19(22)23-13-26(20(18)25-21)11-10-14-6-4-3-5-7-14/h3-9,12-13H,10-11H2,1-2H3,(H2,22,24,25)/p+1. The molecule has 0 fully saturated rings. The van der Waals surface area contributed by atoms with Gasteiger partial charge in [0.15, 0.2) is 5.52 Å². The van der Waals surface area contributed by atoms with Crippen molar-refractivity contribution in [3.05, 3.63) is 60.4 Å². The average Bonchev–Trinajstić information content (AvgIpc) is 3.19. The Morgan fingerprint density at radius 2 is 1.93 bits per heavy atom. The molecule has 0 bridgehead atoms. The molecule has 4 aromatic rings. The molecule has 2 aromatic heterocycles. The molecule has 2 heterocycles. The zero-order valence-corrected chi connectivity index (χ0v) is 17.1. The Hall–Kier alpha value is -3.26. The highest BCUT2D eigenvalue weighted by molar-refractivity contribution is 7.99. The number of aromatic nitrogens is 4. The minimum atomic E-state index is 0.428. The molecule has 0 aliphatic rings. The Kier molecular flexibility index (Phi) is 5.53. The van der Waals surface area contributed by atoms with E-state index in [0.29, 0.717) is 5.82 Å². The van der Waals surface area contributed by atoms with Crippen molar-refractivity contribution in [2.75, 3.05) is 20.0 Å². The quantitative estimate of drug-likeness (QED) is 0.456. The van der Waals surface area contributed by atoms with Gasteiger partial charge in [-0.15, -0.1) is 0 Å². The summed E-state index contributed by atoms with van der Waals surface area (Å²) in [5.74, 6) is 1.89. The van der Waals surface area contributed by atoms with Gasteiger partial charge in [0.1, 0.15) is 11.5 Å². The summed E-state index contributed by atoms with van der Waals surface area (Å²) in [5, 5.41) is 0.719. The van der Waals surface area contributed by atoms with Gasteiger partial charge in [0.2, 0.25) is 17.3 Å². The van der Waals surface area contributed by atoms with Gasteiger partial charge < -0.3 is 20.2 Å². The SMILES string of the molecule is COc1ccc(Sc2nc3c([nH]2)c(N)nc[n+]3CCc2ccccc2)c(OC)c1. The lowest BCUT2D eigenvalue weighted by Crippen LogP contribution is -2.36. The van der Waals surface area contributed by atoms with Crippen LogP contribution in [0.4, 0.5) is 5.82 Å². The minimum Gasteiger partial charge on any atom is -0.497 e. The van der Waals surface area contributed by atoms with Crippen LogP contribution in [0.5, 0.6) is 11.5 Å². The summed E-state index contributed by atoms with van der Waals surface area (Å²) in [5.41, 5.74) is 8.86. The number of methoxy groups -OCH3 is 2. The van der Waals surface area contributed by atoms with Gasteiger partial charge in [0, 0.05) is 12.5 Å². The van der Waals surface area contributed by atoms with E-state index in [1.54, 1.807) is 20.5 Å². The van der Waals surface area contributed by atoms with Crippen molar-refractivity contribution in [2.24, 2.45) is 0 Å². The second-order valence-corrected chi connectivity index (χ2v) is 7.45. The number of fused-ring (bicyclic) bond motifs is 1. The average molecular weight is 409 g/mol. The highest BCUT2D eigenvalue weighted by Crippen LogP contribution is 2.36. The Labute approximate surface area is 172 Å². The van der Waals surface area contributed by atoms with Gasteiger partial charge in [-0.25, -0.2) is 4.57 Å². The van der Waals surface area contributed by atoms with Gasteiger partial charge >= 0.3 is 0 Å². The summed E-state index contributed by atoms with van der Waals surface area (Å²) in [4.78, 5) is 13.3. The number of aromatic amines is 1. The normalized spacial score (nSPS) is 11.0.